The molecular formula is C16H21N3O2S. The van der Waals surface area contributed by atoms with Crippen LogP contribution < -0.4 is 5.32 Å². The summed E-state index contributed by atoms with van der Waals surface area (Å²) >= 11 is 1.59. The molecule has 2 aromatic heterocycles. The summed E-state index contributed by atoms with van der Waals surface area (Å²) in [6, 6.07) is 1.94. The van der Waals surface area contributed by atoms with E-state index in [2.05, 4.69) is 15.5 Å². The van der Waals surface area contributed by atoms with Crippen molar-refractivity contribution in [2.75, 3.05) is 6.54 Å². The van der Waals surface area contributed by atoms with Crippen LogP contribution in [0.5, 0.6) is 0 Å². The van der Waals surface area contributed by atoms with Crippen molar-refractivity contribution in [1.29, 1.82) is 0 Å². The molecular weight excluding hydrogens is 298 g/mol. The predicted molar refractivity (Wildman–Crippen MR) is 85.5 cm³/mol. The van der Waals surface area contributed by atoms with Crippen LogP contribution in [0.4, 0.5) is 0 Å². The number of nitrogens with zero attached hydrogens (tertiary/aromatic N) is 2. The van der Waals surface area contributed by atoms with Crippen molar-refractivity contribution >= 4 is 17.2 Å². The Labute approximate surface area is 134 Å². The van der Waals surface area contributed by atoms with Crippen molar-refractivity contribution in [3.8, 4) is 11.5 Å². The lowest BCUT2D eigenvalue weighted by molar-refractivity contribution is -0.121. The quantitative estimate of drug-likeness (QED) is 0.885. The fourth-order valence-corrected chi connectivity index (χ4v) is 3.45. The van der Waals surface area contributed by atoms with Crippen LogP contribution in [0.2, 0.25) is 0 Å². The first kappa shape index (κ1) is 15.2. The van der Waals surface area contributed by atoms with Crippen LogP contribution in [0, 0.1) is 5.92 Å². The number of rotatable bonds is 6. The Morgan fingerprint density at radius 2 is 2.18 bits per heavy atom. The van der Waals surface area contributed by atoms with Crippen LogP contribution in [0.25, 0.3) is 11.5 Å². The maximum absolute atomic E-state index is 11.9. The predicted octanol–water partition coefficient (Wildman–Crippen LogP) is 3.43. The average molecular weight is 319 g/mol. The van der Waals surface area contributed by atoms with Gasteiger partial charge < -0.3 is 9.73 Å². The normalized spacial score (nSPS) is 15.8. The summed E-state index contributed by atoms with van der Waals surface area (Å²) in [5.41, 5.74) is 0.936. The molecule has 0 atom stereocenters. The van der Waals surface area contributed by atoms with E-state index in [0.717, 1.165) is 12.1 Å². The second-order valence-corrected chi connectivity index (χ2v) is 6.60. The summed E-state index contributed by atoms with van der Waals surface area (Å²) in [4.78, 5) is 11.9. The molecule has 2 aromatic rings. The first-order valence-corrected chi connectivity index (χ1v) is 8.87. The maximum Gasteiger partial charge on any atom is 0.248 e. The van der Waals surface area contributed by atoms with Crippen molar-refractivity contribution < 1.29 is 9.21 Å². The number of hydrogen-bond donors (Lipinski definition) is 1. The highest BCUT2D eigenvalue weighted by Gasteiger charge is 2.15. The lowest BCUT2D eigenvalue weighted by atomic mass is 9.89. The van der Waals surface area contributed by atoms with Crippen LogP contribution in [-0.4, -0.2) is 22.6 Å². The zero-order valence-corrected chi connectivity index (χ0v) is 13.4. The van der Waals surface area contributed by atoms with Gasteiger partial charge in [0.15, 0.2) is 0 Å². The second-order valence-electron chi connectivity index (χ2n) is 5.82. The Balaban J connectivity index is 1.41. The number of carbonyl (C=O) groups is 1. The third kappa shape index (κ3) is 4.16. The van der Waals surface area contributed by atoms with E-state index in [0.29, 0.717) is 30.5 Å². The van der Waals surface area contributed by atoms with Gasteiger partial charge in [-0.1, -0.05) is 19.3 Å². The Bertz CT molecular complexity index is 588. The largest absolute Gasteiger partial charge is 0.421 e. The van der Waals surface area contributed by atoms with Gasteiger partial charge in [-0.3, -0.25) is 4.79 Å². The zero-order valence-electron chi connectivity index (χ0n) is 12.6. The number of aryl methyl sites for hydroxylation is 1. The monoisotopic (exact) mass is 319 g/mol. The number of amides is 1. The average Bonchev–Trinajstić information content (AvgIpc) is 3.22. The van der Waals surface area contributed by atoms with Gasteiger partial charge >= 0.3 is 0 Å². The van der Waals surface area contributed by atoms with E-state index in [-0.39, 0.29) is 5.91 Å². The minimum atomic E-state index is 0.0702. The molecule has 0 aliphatic heterocycles. The van der Waals surface area contributed by atoms with Gasteiger partial charge in [0.2, 0.25) is 17.7 Å². The molecule has 0 saturated heterocycles. The number of thiophene rings is 1. The van der Waals surface area contributed by atoms with Crippen LogP contribution in [-0.2, 0) is 11.2 Å². The van der Waals surface area contributed by atoms with E-state index in [9.17, 15) is 4.79 Å². The minimum absolute atomic E-state index is 0.0702. The molecule has 0 aromatic carbocycles. The molecule has 0 bridgehead atoms. The highest BCUT2D eigenvalue weighted by molar-refractivity contribution is 7.08. The summed E-state index contributed by atoms with van der Waals surface area (Å²) in [5.74, 6) is 1.78. The molecule has 1 amide bonds. The highest BCUT2D eigenvalue weighted by atomic mass is 32.1. The smallest absolute Gasteiger partial charge is 0.248 e. The molecule has 1 aliphatic carbocycles. The maximum atomic E-state index is 11.9. The van der Waals surface area contributed by atoms with Crippen LogP contribution in [0.1, 0.15) is 44.4 Å². The Morgan fingerprint density at radius 3 is 2.95 bits per heavy atom. The van der Waals surface area contributed by atoms with Crippen LogP contribution in [0.15, 0.2) is 21.2 Å². The Hall–Kier alpha value is -1.69. The molecule has 6 heteroatoms. The molecule has 1 aliphatic rings. The van der Waals surface area contributed by atoms with Gasteiger partial charge in [0.05, 0.1) is 0 Å². The van der Waals surface area contributed by atoms with E-state index in [4.69, 9.17) is 4.42 Å². The van der Waals surface area contributed by atoms with Crippen LogP contribution >= 0.6 is 11.3 Å². The fourth-order valence-electron chi connectivity index (χ4n) is 2.82. The topological polar surface area (TPSA) is 68.0 Å². The van der Waals surface area contributed by atoms with Crippen molar-refractivity contribution in [3.63, 3.8) is 0 Å². The lowest BCUT2D eigenvalue weighted by Gasteiger charge is -2.21. The van der Waals surface area contributed by atoms with Gasteiger partial charge in [0.25, 0.3) is 0 Å². The molecule has 0 radical (unpaired) electrons. The third-order valence-electron chi connectivity index (χ3n) is 4.11. The summed E-state index contributed by atoms with van der Waals surface area (Å²) in [7, 11) is 0. The minimum Gasteiger partial charge on any atom is -0.421 e. The molecule has 1 N–H and O–H groups in total. The molecule has 1 fully saturated rings. The summed E-state index contributed by atoms with van der Waals surface area (Å²) < 4.78 is 5.58. The molecule has 0 spiro atoms. The van der Waals surface area contributed by atoms with Crippen molar-refractivity contribution in [2.24, 2.45) is 5.92 Å². The van der Waals surface area contributed by atoms with Gasteiger partial charge in [-0.25, -0.2) is 0 Å². The summed E-state index contributed by atoms with van der Waals surface area (Å²) in [5, 5.41) is 15.0. The van der Waals surface area contributed by atoms with Gasteiger partial charge in [0.1, 0.15) is 0 Å². The van der Waals surface area contributed by atoms with Gasteiger partial charge in [-0.15, -0.1) is 10.2 Å². The van der Waals surface area contributed by atoms with Crippen LogP contribution in [0.3, 0.4) is 0 Å². The summed E-state index contributed by atoms with van der Waals surface area (Å²) in [6.07, 6.45) is 7.32. The van der Waals surface area contributed by atoms with Gasteiger partial charge in [-0.05, 0) is 30.2 Å². The van der Waals surface area contributed by atoms with Crippen molar-refractivity contribution in [3.05, 3.63) is 22.7 Å². The number of hydrogen-bond acceptors (Lipinski definition) is 5. The molecule has 5 nitrogen and oxygen atoms in total. The lowest BCUT2D eigenvalue weighted by Crippen LogP contribution is -2.30. The first-order valence-electron chi connectivity index (χ1n) is 7.93. The molecule has 0 unspecified atom stereocenters. The molecule has 1 saturated carbocycles. The standard InChI is InChI=1S/C16H21N3O2S/c20-14(17-10-12-4-2-1-3-5-12)6-7-15-18-19-16(21-15)13-8-9-22-11-13/h8-9,11-12H,1-7,10H2,(H,17,20). The Morgan fingerprint density at radius 1 is 1.32 bits per heavy atom. The number of aromatic nitrogens is 2. The van der Waals surface area contributed by atoms with Crippen molar-refractivity contribution in [1.82, 2.24) is 15.5 Å². The second kappa shape index (κ2) is 7.54. The van der Waals surface area contributed by atoms with Crippen molar-refractivity contribution in [2.45, 2.75) is 44.9 Å². The summed E-state index contributed by atoms with van der Waals surface area (Å²) in [6.45, 7) is 0.808. The highest BCUT2D eigenvalue weighted by Crippen LogP contribution is 2.23. The molecule has 22 heavy (non-hydrogen) atoms. The number of carbonyl (C=O) groups excluding carboxylic acids is 1. The van der Waals surface area contributed by atoms with Gasteiger partial charge in [0, 0.05) is 30.3 Å². The van der Waals surface area contributed by atoms with E-state index < -0.39 is 0 Å². The molecule has 118 valence electrons. The van der Waals surface area contributed by atoms with Gasteiger partial charge in [-0.2, -0.15) is 11.3 Å². The van der Waals surface area contributed by atoms with E-state index in [1.165, 1.54) is 32.1 Å². The van der Waals surface area contributed by atoms with E-state index >= 15 is 0 Å². The van der Waals surface area contributed by atoms with E-state index in [1.807, 2.05) is 16.8 Å². The first-order chi connectivity index (χ1) is 10.8. The third-order valence-corrected chi connectivity index (χ3v) is 4.80. The Kier molecular flexibility index (Phi) is 5.21. The molecule has 3 rings (SSSR count). The number of nitrogens with one attached hydrogen (secondary N) is 1. The fraction of sp³-hybridized carbons (Fsp3) is 0.562. The zero-order chi connectivity index (χ0) is 15.2. The SMILES string of the molecule is O=C(CCc1nnc(-c2ccsc2)o1)NCC1CCCCC1. The van der Waals surface area contributed by atoms with E-state index in [1.54, 1.807) is 11.3 Å². The molecule has 2 heterocycles.